The first-order valence-electron chi connectivity index (χ1n) is 30.5. The monoisotopic (exact) mass is 1090 g/mol. The predicted molar refractivity (Wildman–Crippen MR) is 300 cm³/mol. The summed E-state index contributed by atoms with van der Waals surface area (Å²) in [5.74, 6) is -1.02. The van der Waals surface area contributed by atoms with Crippen molar-refractivity contribution in [3.8, 4) is 0 Å². The molecule has 0 unspecified atom stereocenters. The van der Waals surface area contributed by atoms with Crippen molar-refractivity contribution in [3.05, 3.63) is 48.6 Å². The second kappa shape index (κ2) is 20.1. The maximum atomic E-state index is 13.8. The summed E-state index contributed by atoms with van der Waals surface area (Å²) in [5.41, 5.74) is 0.534. The largest absolute Gasteiger partial charge is 0.462 e. The van der Waals surface area contributed by atoms with Crippen molar-refractivity contribution < 1.29 is 58.0 Å². The third-order valence-electron chi connectivity index (χ3n) is 26.3. The van der Waals surface area contributed by atoms with E-state index in [1.165, 1.54) is 20.8 Å². The standard InChI is InChI=1S/C35H50O6.C32H46O6/c1-10-19(2)20(3)30(39)31(41-24(7)37)22(5)29-27(40-23(6)36)17-33(9)28-12-11-25-21(4)26(38)13-14-34(25)18-35(28,34)16-15-32(29,33)8;1-17(15-33)18(2)27(36)28(37)20(4)26-24(38-21(5)34)14-30(7)25-9-8-22-19(3)23(35)10-11-31(22)16-32(25,31)13-12-29(26,30)6/h13-14,19,21-22,25,27-29,31H,3,10-12,15-18H2,1-2,4-9H3;10-11,17,19-20,22,24-26,28,33,37H,2,8-9,12-16H2,1,3-7H3/t19-,21-,22-,25-,27-,28-,29-,31+,32+,33-,34+,35-;17-,19-,20-,22-,24-,25-,26-,28+,29+,30-,31+,32-/m00/s1. The summed E-state index contributed by atoms with van der Waals surface area (Å²) >= 11 is 0. The number of hydrogen-bond donors (Lipinski definition) is 2. The van der Waals surface area contributed by atoms with Crippen molar-refractivity contribution >= 4 is 41.0 Å². The Hall–Kier alpha value is -4.03. The molecule has 436 valence electrons. The number of esters is 3. The van der Waals surface area contributed by atoms with Crippen molar-refractivity contribution in [2.45, 2.75) is 205 Å². The van der Waals surface area contributed by atoms with Crippen LogP contribution < -0.4 is 0 Å². The Morgan fingerprint density at radius 3 is 1.43 bits per heavy atom. The summed E-state index contributed by atoms with van der Waals surface area (Å²) in [6.45, 7) is 35.3. The van der Waals surface area contributed by atoms with Gasteiger partial charge >= 0.3 is 17.9 Å². The molecule has 0 bridgehead atoms. The summed E-state index contributed by atoms with van der Waals surface area (Å²) in [6, 6.07) is 0. The number of aliphatic hydroxyl groups is 2. The first-order chi connectivity index (χ1) is 36.8. The Morgan fingerprint density at radius 2 is 1.04 bits per heavy atom. The zero-order valence-corrected chi connectivity index (χ0v) is 50.3. The summed E-state index contributed by atoms with van der Waals surface area (Å²) in [4.78, 5) is 89.3. The molecular formula is C67H96O12. The highest BCUT2D eigenvalue weighted by Gasteiger charge is 2.83. The topological polar surface area (TPSA) is 188 Å². The number of fused-ring (bicyclic) bond motifs is 4. The molecule has 10 rings (SSSR count). The molecule has 12 heteroatoms. The lowest BCUT2D eigenvalue weighted by atomic mass is 9.43. The zero-order valence-electron chi connectivity index (χ0n) is 50.3. The molecule has 0 radical (unpaired) electrons. The number of Topliss-reactive ketones (excluding diaryl/α,β-unsaturated/α-hetero) is 2. The van der Waals surface area contributed by atoms with Gasteiger partial charge < -0.3 is 24.4 Å². The molecule has 8 fully saturated rings. The van der Waals surface area contributed by atoms with Gasteiger partial charge in [-0.3, -0.25) is 33.6 Å². The summed E-state index contributed by atoms with van der Waals surface area (Å²) < 4.78 is 17.9. The third-order valence-corrected chi connectivity index (χ3v) is 26.3. The van der Waals surface area contributed by atoms with Gasteiger partial charge in [-0.15, -0.1) is 0 Å². The highest BCUT2D eigenvalue weighted by molar-refractivity contribution is 6.00. The van der Waals surface area contributed by atoms with Gasteiger partial charge in [0.2, 0.25) is 0 Å². The number of rotatable bonds is 15. The van der Waals surface area contributed by atoms with E-state index < -0.39 is 35.8 Å². The first kappa shape index (κ1) is 59.6. The highest BCUT2D eigenvalue weighted by atomic mass is 16.6. The van der Waals surface area contributed by atoms with E-state index in [-0.39, 0.29) is 133 Å². The minimum absolute atomic E-state index is 0.0185. The van der Waals surface area contributed by atoms with Gasteiger partial charge in [-0.05, 0) is 186 Å². The Kier molecular flexibility index (Phi) is 15.2. The SMILES string of the molecule is C=C(C(=O)[C@H](O)[C@@H](C)[C@H]1[C@@H](OC(C)=O)C[C@@]2(C)[C@@H]3CC[C@H]4[C@H](C)C(=O)C=C[C@@]45C[C@@]35CC[C@]12C)[C@@H](C)CO.C=C(C(=O)[C@H](OC(C)=O)[C@@H](C)[C@H]1[C@@H](OC(C)=O)C[C@@]2(C)[C@@H]3CC[C@H]4[C@H](C)C(=O)C=C[C@@]45C[C@@]35CC[C@]12C)[C@@H](C)CC. The molecule has 4 spiro atoms. The van der Waals surface area contributed by atoms with Crippen LogP contribution in [0.15, 0.2) is 48.6 Å². The average molecular weight is 1090 g/mol. The molecule has 12 nitrogen and oxygen atoms in total. The zero-order chi connectivity index (χ0) is 58.3. The minimum Gasteiger partial charge on any atom is -0.462 e. The number of allylic oxidation sites excluding steroid dienone is 4. The number of ketones is 4. The third kappa shape index (κ3) is 8.37. The Labute approximate surface area is 471 Å². The van der Waals surface area contributed by atoms with E-state index in [0.29, 0.717) is 29.2 Å². The number of carbonyl (C=O) groups is 7. The van der Waals surface area contributed by atoms with Crippen LogP contribution in [-0.4, -0.2) is 82.3 Å². The maximum Gasteiger partial charge on any atom is 0.303 e. The Morgan fingerprint density at radius 1 is 0.620 bits per heavy atom. The fourth-order valence-electron chi connectivity index (χ4n) is 21.7. The number of hydrogen-bond acceptors (Lipinski definition) is 12. The van der Waals surface area contributed by atoms with E-state index in [0.717, 1.165) is 83.5 Å². The molecule has 0 saturated heterocycles. The summed E-state index contributed by atoms with van der Waals surface area (Å²) in [7, 11) is 0. The van der Waals surface area contributed by atoms with Gasteiger partial charge in [0.15, 0.2) is 29.2 Å². The van der Waals surface area contributed by atoms with Gasteiger partial charge in [0.05, 0.1) is 0 Å². The molecule has 79 heavy (non-hydrogen) atoms. The van der Waals surface area contributed by atoms with Gasteiger partial charge in [0, 0.05) is 62.9 Å². The first-order valence-corrected chi connectivity index (χ1v) is 30.5. The van der Waals surface area contributed by atoms with E-state index >= 15 is 0 Å². The molecule has 0 aromatic rings. The van der Waals surface area contributed by atoms with E-state index in [9.17, 15) is 43.8 Å². The van der Waals surface area contributed by atoms with Crippen LogP contribution in [0.2, 0.25) is 0 Å². The maximum absolute atomic E-state index is 13.8. The molecule has 0 aliphatic heterocycles. The van der Waals surface area contributed by atoms with Crippen LogP contribution in [0.3, 0.4) is 0 Å². The number of carbonyl (C=O) groups excluding carboxylic acids is 7. The average Bonchev–Trinajstić information content (AvgIpc) is 1.81. The fourth-order valence-corrected chi connectivity index (χ4v) is 21.7. The van der Waals surface area contributed by atoms with E-state index in [1.54, 1.807) is 6.92 Å². The predicted octanol–water partition coefficient (Wildman–Crippen LogP) is 11.3. The van der Waals surface area contributed by atoms with Crippen molar-refractivity contribution in [2.24, 2.45) is 114 Å². The Bertz CT molecular complexity index is 2650. The van der Waals surface area contributed by atoms with Gasteiger partial charge in [0.25, 0.3) is 0 Å². The van der Waals surface area contributed by atoms with Gasteiger partial charge in [-0.25, -0.2) is 0 Å². The van der Waals surface area contributed by atoms with E-state index in [2.05, 4.69) is 66.9 Å². The van der Waals surface area contributed by atoms with Crippen LogP contribution in [0.25, 0.3) is 0 Å². The lowest BCUT2D eigenvalue weighted by Gasteiger charge is -2.61. The number of ether oxygens (including phenoxy) is 3. The molecule has 10 aliphatic carbocycles. The van der Waals surface area contributed by atoms with Crippen molar-refractivity contribution in [2.75, 3.05) is 6.61 Å². The molecule has 8 saturated carbocycles. The minimum atomic E-state index is -1.27. The molecule has 10 aliphatic rings. The van der Waals surface area contributed by atoms with Crippen molar-refractivity contribution in [1.82, 2.24) is 0 Å². The number of aliphatic hydroxyl groups excluding tert-OH is 2. The highest BCUT2D eigenvalue weighted by Crippen LogP contribution is 2.89. The van der Waals surface area contributed by atoms with Crippen LogP contribution in [0.4, 0.5) is 0 Å². The normalized spacial score (nSPS) is 45.6. The van der Waals surface area contributed by atoms with Crippen LogP contribution in [0, 0.1) is 114 Å². The van der Waals surface area contributed by atoms with Gasteiger partial charge in [-0.2, -0.15) is 0 Å². The lowest BCUT2D eigenvalue weighted by molar-refractivity contribution is -0.166. The van der Waals surface area contributed by atoms with Gasteiger partial charge in [-0.1, -0.05) is 101 Å². The van der Waals surface area contributed by atoms with E-state index in [1.807, 2.05) is 39.8 Å². The van der Waals surface area contributed by atoms with Crippen molar-refractivity contribution in [3.63, 3.8) is 0 Å². The Balaban J connectivity index is 0.000000192. The quantitative estimate of drug-likeness (QED) is 0.0899. The van der Waals surface area contributed by atoms with E-state index in [4.69, 9.17) is 14.2 Å². The van der Waals surface area contributed by atoms with Crippen LogP contribution in [0.5, 0.6) is 0 Å². The summed E-state index contributed by atoms with van der Waals surface area (Å²) in [6.07, 6.45) is 17.9. The van der Waals surface area contributed by atoms with Crippen LogP contribution in [0.1, 0.15) is 180 Å². The molecule has 0 aromatic carbocycles. The summed E-state index contributed by atoms with van der Waals surface area (Å²) in [5, 5.41) is 20.9. The molecule has 0 aromatic heterocycles. The fraction of sp³-hybridized carbons (Fsp3) is 0.776. The second-order valence-electron chi connectivity index (χ2n) is 29.1. The van der Waals surface area contributed by atoms with Gasteiger partial charge in [0.1, 0.15) is 18.3 Å². The second-order valence-corrected chi connectivity index (χ2v) is 29.1. The smallest absolute Gasteiger partial charge is 0.303 e. The molecule has 24 atom stereocenters. The van der Waals surface area contributed by atoms with Crippen molar-refractivity contribution in [1.29, 1.82) is 0 Å². The molecule has 0 amide bonds. The molecular weight excluding hydrogens is 997 g/mol. The molecule has 2 N–H and O–H groups in total. The van der Waals surface area contributed by atoms with Crippen LogP contribution in [-0.2, 0) is 47.8 Å². The lowest BCUT2D eigenvalue weighted by Crippen LogP contribution is -2.56. The molecule has 0 heterocycles. The van der Waals surface area contributed by atoms with Crippen LogP contribution >= 0.6 is 0 Å².